The van der Waals surface area contributed by atoms with Crippen LogP contribution in [0.5, 0.6) is 0 Å². The summed E-state index contributed by atoms with van der Waals surface area (Å²) < 4.78 is 1.24. The van der Waals surface area contributed by atoms with Crippen molar-refractivity contribution >= 4 is 27.3 Å². The summed E-state index contributed by atoms with van der Waals surface area (Å²) in [4.78, 5) is 1.48. The van der Waals surface area contributed by atoms with E-state index < -0.39 is 0 Å². The van der Waals surface area contributed by atoms with Crippen LogP contribution in [-0.2, 0) is 6.42 Å². The Balaban J connectivity index is 1.70. The first-order valence-electron chi connectivity index (χ1n) is 7.03. The lowest BCUT2D eigenvalue weighted by molar-refractivity contribution is 0.310. The molecule has 2 rings (SSSR count). The molecule has 3 heteroatoms. The first-order valence-corrected chi connectivity index (χ1v) is 8.64. The number of halogens is 1. The van der Waals surface area contributed by atoms with E-state index >= 15 is 0 Å². The molecule has 18 heavy (non-hydrogen) atoms. The fraction of sp³-hybridized carbons (Fsp3) is 0.733. The van der Waals surface area contributed by atoms with Crippen molar-refractivity contribution in [2.24, 2.45) is 5.41 Å². The van der Waals surface area contributed by atoms with Gasteiger partial charge >= 0.3 is 0 Å². The molecule has 1 saturated carbocycles. The van der Waals surface area contributed by atoms with E-state index in [0.717, 1.165) is 19.0 Å². The van der Waals surface area contributed by atoms with Gasteiger partial charge in [0.05, 0.1) is 3.79 Å². The standard InChI is InChI=1S/C15H24BrNS/c1-15(2)9-3-4-12(7-10-15)17-11-8-13-5-6-14(16)18-13/h5-6,12,17H,3-4,7-11H2,1-2H3. The number of rotatable bonds is 4. The van der Waals surface area contributed by atoms with Crippen molar-refractivity contribution in [2.75, 3.05) is 6.54 Å². The Kier molecular flexibility index (Phi) is 5.28. The number of hydrogen-bond acceptors (Lipinski definition) is 2. The summed E-state index contributed by atoms with van der Waals surface area (Å²) in [7, 11) is 0. The van der Waals surface area contributed by atoms with Crippen LogP contribution in [0.1, 0.15) is 50.8 Å². The van der Waals surface area contributed by atoms with Crippen LogP contribution in [0.2, 0.25) is 0 Å². The van der Waals surface area contributed by atoms with Crippen molar-refractivity contribution in [1.82, 2.24) is 5.32 Å². The minimum atomic E-state index is 0.565. The third kappa shape index (κ3) is 4.67. The lowest BCUT2D eigenvalue weighted by Gasteiger charge is -2.22. The van der Waals surface area contributed by atoms with Crippen LogP contribution in [0.4, 0.5) is 0 Å². The lowest BCUT2D eigenvalue weighted by Crippen LogP contribution is -2.30. The molecule has 1 aliphatic rings. The first-order chi connectivity index (χ1) is 8.55. The molecule has 0 spiro atoms. The van der Waals surface area contributed by atoms with Gasteiger partial charge in [-0.15, -0.1) is 11.3 Å². The summed E-state index contributed by atoms with van der Waals surface area (Å²) in [5.41, 5.74) is 0.565. The Morgan fingerprint density at radius 3 is 2.89 bits per heavy atom. The van der Waals surface area contributed by atoms with E-state index in [1.165, 1.54) is 40.8 Å². The van der Waals surface area contributed by atoms with Gasteiger partial charge in [0.2, 0.25) is 0 Å². The van der Waals surface area contributed by atoms with Crippen LogP contribution in [-0.4, -0.2) is 12.6 Å². The molecule has 1 nitrogen and oxygen atoms in total. The van der Waals surface area contributed by atoms with Crippen LogP contribution in [0.15, 0.2) is 15.9 Å². The van der Waals surface area contributed by atoms with Crippen LogP contribution < -0.4 is 5.32 Å². The van der Waals surface area contributed by atoms with Gasteiger partial charge in [-0.1, -0.05) is 20.3 Å². The van der Waals surface area contributed by atoms with Crippen molar-refractivity contribution in [3.8, 4) is 0 Å². The Morgan fingerprint density at radius 1 is 1.33 bits per heavy atom. The molecular formula is C15H24BrNS. The molecule has 0 radical (unpaired) electrons. The average molecular weight is 330 g/mol. The van der Waals surface area contributed by atoms with Crippen molar-refractivity contribution in [3.63, 3.8) is 0 Å². The third-order valence-corrected chi connectivity index (χ3v) is 5.69. The number of hydrogen-bond donors (Lipinski definition) is 1. The van der Waals surface area contributed by atoms with E-state index in [9.17, 15) is 0 Å². The monoisotopic (exact) mass is 329 g/mol. The summed E-state index contributed by atoms with van der Waals surface area (Å²) in [6, 6.07) is 5.12. The van der Waals surface area contributed by atoms with E-state index in [0.29, 0.717) is 5.41 Å². The summed E-state index contributed by atoms with van der Waals surface area (Å²) in [6.07, 6.45) is 8.02. The van der Waals surface area contributed by atoms with E-state index in [1.807, 2.05) is 11.3 Å². The van der Waals surface area contributed by atoms with Crippen molar-refractivity contribution in [1.29, 1.82) is 0 Å². The second-order valence-electron chi connectivity index (χ2n) is 6.20. The Hall–Kier alpha value is 0.140. The van der Waals surface area contributed by atoms with Crippen molar-refractivity contribution < 1.29 is 0 Å². The van der Waals surface area contributed by atoms with Gasteiger partial charge in [0.1, 0.15) is 0 Å². The third-order valence-electron chi connectivity index (χ3n) is 4.01. The van der Waals surface area contributed by atoms with Crippen LogP contribution in [0.3, 0.4) is 0 Å². The lowest BCUT2D eigenvalue weighted by atomic mass is 9.85. The molecule has 1 atom stereocenters. The van der Waals surface area contributed by atoms with Gasteiger partial charge in [0, 0.05) is 17.5 Å². The Morgan fingerprint density at radius 2 is 2.17 bits per heavy atom. The maximum Gasteiger partial charge on any atom is 0.0701 e. The molecule has 0 aliphatic heterocycles. The fourth-order valence-corrected chi connectivity index (χ4v) is 4.23. The normalized spacial score (nSPS) is 23.8. The van der Waals surface area contributed by atoms with Crippen LogP contribution in [0, 0.1) is 5.41 Å². The molecule has 0 amide bonds. The fourth-order valence-electron chi connectivity index (χ4n) is 2.75. The number of nitrogens with one attached hydrogen (secondary N) is 1. The van der Waals surface area contributed by atoms with E-state index in [-0.39, 0.29) is 0 Å². The summed E-state index contributed by atoms with van der Waals surface area (Å²) in [6.45, 7) is 5.95. The zero-order valence-electron chi connectivity index (χ0n) is 11.5. The predicted molar refractivity (Wildman–Crippen MR) is 84.4 cm³/mol. The molecule has 0 saturated heterocycles. The van der Waals surface area contributed by atoms with E-state index in [2.05, 4.69) is 47.2 Å². The van der Waals surface area contributed by atoms with Crippen molar-refractivity contribution in [3.05, 3.63) is 20.8 Å². The largest absolute Gasteiger partial charge is 0.314 e. The molecule has 0 aromatic carbocycles. The van der Waals surface area contributed by atoms with Gasteiger partial charge in [-0.2, -0.15) is 0 Å². The molecular weight excluding hydrogens is 306 g/mol. The maximum absolute atomic E-state index is 3.75. The smallest absolute Gasteiger partial charge is 0.0701 e. The summed E-state index contributed by atoms with van der Waals surface area (Å²) >= 11 is 5.38. The minimum absolute atomic E-state index is 0.565. The molecule has 1 aromatic rings. The highest BCUT2D eigenvalue weighted by Crippen LogP contribution is 2.33. The Bertz CT molecular complexity index is 372. The SMILES string of the molecule is CC1(C)CCCC(NCCc2ccc(Br)s2)CC1. The maximum atomic E-state index is 3.75. The van der Waals surface area contributed by atoms with Gasteiger partial charge in [0.15, 0.2) is 0 Å². The van der Waals surface area contributed by atoms with E-state index in [4.69, 9.17) is 0 Å². The van der Waals surface area contributed by atoms with Crippen LogP contribution >= 0.6 is 27.3 Å². The topological polar surface area (TPSA) is 12.0 Å². The average Bonchev–Trinajstić information content (AvgIpc) is 2.63. The zero-order valence-corrected chi connectivity index (χ0v) is 13.9. The molecule has 1 aliphatic carbocycles. The van der Waals surface area contributed by atoms with Gasteiger partial charge in [0.25, 0.3) is 0 Å². The van der Waals surface area contributed by atoms with Gasteiger partial charge < -0.3 is 5.32 Å². The second-order valence-corrected chi connectivity index (χ2v) is 8.75. The first kappa shape index (κ1) is 14.5. The van der Waals surface area contributed by atoms with E-state index in [1.54, 1.807) is 0 Å². The molecule has 1 N–H and O–H groups in total. The number of thiophene rings is 1. The van der Waals surface area contributed by atoms with Gasteiger partial charge in [-0.25, -0.2) is 0 Å². The molecule has 1 aromatic heterocycles. The van der Waals surface area contributed by atoms with Crippen molar-refractivity contribution in [2.45, 2.75) is 58.4 Å². The molecule has 0 bridgehead atoms. The minimum Gasteiger partial charge on any atom is -0.314 e. The Labute approximate surface area is 123 Å². The predicted octanol–water partition coefficient (Wildman–Crippen LogP) is 5.00. The zero-order chi connectivity index (χ0) is 13.0. The quantitative estimate of drug-likeness (QED) is 0.766. The highest BCUT2D eigenvalue weighted by molar-refractivity contribution is 9.11. The van der Waals surface area contributed by atoms with Gasteiger partial charge in [-0.05, 0) is 65.6 Å². The summed E-state index contributed by atoms with van der Waals surface area (Å²) in [5, 5.41) is 3.75. The highest BCUT2D eigenvalue weighted by atomic mass is 79.9. The van der Waals surface area contributed by atoms with Crippen LogP contribution in [0.25, 0.3) is 0 Å². The molecule has 102 valence electrons. The second kappa shape index (κ2) is 6.53. The van der Waals surface area contributed by atoms with Gasteiger partial charge in [-0.3, -0.25) is 0 Å². The molecule has 1 fully saturated rings. The molecule has 1 unspecified atom stereocenters. The summed E-state index contributed by atoms with van der Waals surface area (Å²) in [5.74, 6) is 0. The molecule has 1 heterocycles. The highest BCUT2D eigenvalue weighted by Gasteiger charge is 2.23.